The highest BCUT2D eigenvalue weighted by molar-refractivity contribution is 7.89. The first-order valence-electron chi connectivity index (χ1n) is 10.4. The molecular formula is C21H31N3O4S. The largest absolute Gasteiger partial charge is 0.338 e. The maximum absolute atomic E-state index is 13.4. The molecule has 0 spiro atoms. The number of rotatable bonds is 5. The van der Waals surface area contributed by atoms with Gasteiger partial charge in [-0.1, -0.05) is 38.1 Å². The van der Waals surface area contributed by atoms with Gasteiger partial charge in [0.1, 0.15) is 6.04 Å². The molecule has 1 saturated heterocycles. The normalized spacial score (nSPS) is 20.6. The number of carbonyl (C=O) groups excluding carboxylic acids is 2. The summed E-state index contributed by atoms with van der Waals surface area (Å²) in [6, 6.07) is 7.43. The van der Waals surface area contributed by atoms with Gasteiger partial charge in [0.2, 0.25) is 21.8 Å². The zero-order valence-corrected chi connectivity index (χ0v) is 18.3. The topological polar surface area (TPSA) is 78.0 Å². The molecule has 29 heavy (non-hydrogen) atoms. The van der Waals surface area contributed by atoms with Crippen LogP contribution >= 0.6 is 0 Å². The number of piperazine rings is 1. The summed E-state index contributed by atoms with van der Waals surface area (Å²) in [4.78, 5) is 29.7. The summed E-state index contributed by atoms with van der Waals surface area (Å²) in [7, 11) is -3.24. The maximum Gasteiger partial charge on any atom is 0.245 e. The monoisotopic (exact) mass is 421 g/mol. The highest BCUT2D eigenvalue weighted by atomic mass is 32.2. The minimum absolute atomic E-state index is 0.0000461. The molecule has 1 fully saturated rings. The van der Waals surface area contributed by atoms with Crippen molar-refractivity contribution in [1.29, 1.82) is 0 Å². The van der Waals surface area contributed by atoms with E-state index in [2.05, 4.69) is 0 Å². The van der Waals surface area contributed by atoms with Crippen molar-refractivity contribution in [2.45, 2.75) is 46.2 Å². The lowest BCUT2D eigenvalue weighted by molar-refractivity contribution is -0.148. The number of hydrogen-bond acceptors (Lipinski definition) is 4. The molecule has 160 valence electrons. The fourth-order valence-corrected chi connectivity index (χ4v) is 5.14. The number of sulfonamides is 1. The molecule has 0 aromatic heterocycles. The lowest BCUT2D eigenvalue weighted by Crippen LogP contribution is -2.58. The van der Waals surface area contributed by atoms with Crippen LogP contribution in [0.5, 0.6) is 0 Å². The van der Waals surface area contributed by atoms with Crippen molar-refractivity contribution in [2.24, 2.45) is 5.92 Å². The van der Waals surface area contributed by atoms with Crippen molar-refractivity contribution in [3.8, 4) is 0 Å². The van der Waals surface area contributed by atoms with E-state index in [4.69, 9.17) is 0 Å². The highest BCUT2D eigenvalue weighted by Gasteiger charge is 2.38. The zero-order valence-electron chi connectivity index (χ0n) is 17.5. The van der Waals surface area contributed by atoms with Crippen molar-refractivity contribution in [3.05, 3.63) is 35.4 Å². The van der Waals surface area contributed by atoms with Gasteiger partial charge in [-0.2, -0.15) is 4.31 Å². The molecule has 0 bridgehead atoms. The Hall–Kier alpha value is -1.93. The minimum atomic E-state index is -3.24. The van der Waals surface area contributed by atoms with E-state index in [0.29, 0.717) is 45.6 Å². The van der Waals surface area contributed by atoms with E-state index in [-0.39, 0.29) is 23.5 Å². The average Bonchev–Trinajstić information content (AvgIpc) is 2.71. The Morgan fingerprint density at radius 1 is 1.07 bits per heavy atom. The summed E-state index contributed by atoms with van der Waals surface area (Å²) in [5.74, 6) is 0.209. The van der Waals surface area contributed by atoms with Crippen molar-refractivity contribution in [3.63, 3.8) is 0 Å². The third-order valence-corrected chi connectivity index (χ3v) is 7.63. The Morgan fingerprint density at radius 3 is 2.28 bits per heavy atom. The molecule has 0 saturated carbocycles. The smallest absolute Gasteiger partial charge is 0.245 e. The highest BCUT2D eigenvalue weighted by Crippen LogP contribution is 2.26. The summed E-state index contributed by atoms with van der Waals surface area (Å²) < 4.78 is 25.6. The van der Waals surface area contributed by atoms with Gasteiger partial charge in [-0.15, -0.1) is 0 Å². The number of hydrogen-bond donors (Lipinski definition) is 0. The number of carbonyl (C=O) groups is 2. The van der Waals surface area contributed by atoms with Gasteiger partial charge < -0.3 is 9.80 Å². The molecule has 2 aliphatic heterocycles. The average molecular weight is 422 g/mol. The predicted molar refractivity (Wildman–Crippen MR) is 112 cm³/mol. The molecule has 7 nitrogen and oxygen atoms in total. The molecular weight excluding hydrogens is 390 g/mol. The summed E-state index contributed by atoms with van der Waals surface area (Å²) in [5, 5.41) is 0. The van der Waals surface area contributed by atoms with Crippen LogP contribution in [-0.2, 0) is 32.6 Å². The fraction of sp³-hybridized carbons (Fsp3) is 0.619. The molecule has 2 aliphatic rings. The van der Waals surface area contributed by atoms with Gasteiger partial charge in [-0.3, -0.25) is 9.59 Å². The molecule has 1 unspecified atom stereocenters. The third-order valence-electron chi connectivity index (χ3n) is 5.75. The number of fused-ring (bicyclic) bond motifs is 1. The van der Waals surface area contributed by atoms with Crippen LogP contribution in [0.25, 0.3) is 0 Å². The fourth-order valence-electron chi connectivity index (χ4n) is 4.05. The van der Waals surface area contributed by atoms with E-state index in [1.54, 1.807) is 16.7 Å². The van der Waals surface area contributed by atoms with E-state index < -0.39 is 16.1 Å². The van der Waals surface area contributed by atoms with Crippen LogP contribution in [0.3, 0.4) is 0 Å². The Kier molecular flexibility index (Phi) is 6.63. The first-order valence-corrected chi connectivity index (χ1v) is 12.0. The van der Waals surface area contributed by atoms with E-state index in [1.807, 2.05) is 38.1 Å². The number of amides is 2. The standard InChI is InChI=1S/C21H31N3O4S/c1-4-29(27,28)23-11-9-22(10-12-23)21(26)19-14-17-7-5-6-8-18(17)15-24(19)20(25)13-16(2)3/h5-8,16,19H,4,9-15H2,1-3H3. The lowest BCUT2D eigenvalue weighted by atomic mass is 9.92. The zero-order chi connectivity index (χ0) is 21.2. The molecule has 1 aromatic carbocycles. The molecule has 0 N–H and O–H groups in total. The van der Waals surface area contributed by atoms with Crippen LogP contribution in [0.1, 0.15) is 38.3 Å². The van der Waals surface area contributed by atoms with E-state index in [1.165, 1.54) is 4.31 Å². The Balaban J connectivity index is 1.77. The Morgan fingerprint density at radius 2 is 1.69 bits per heavy atom. The molecule has 0 radical (unpaired) electrons. The van der Waals surface area contributed by atoms with Crippen LogP contribution in [-0.4, -0.2) is 72.3 Å². The van der Waals surface area contributed by atoms with Gasteiger partial charge in [0, 0.05) is 45.6 Å². The van der Waals surface area contributed by atoms with Gasteiger partial charge in [-0.25, -0.2) is 8.42 Å². The van der Waals surface area contributed by atoms with E-state index >= 15 is 0 Å². The molecule has 1 aromatic rings. The second-order valence-electron chi connectivity index (χ2n) is 8.23. The first kappa shape index (κ1) is 21.8. The third kappa shape index (κ3) is 4.80. The van der Waals surface area contributed by atoms with Crippen LogP contribution < -0.4 is 0 Å². The van der Waals surface area contributed by atoms with Crippen molar-refractivity contribution in [1.82, 2.24) is 14.1 Å². The van der Waals surface area contributed by atoms with Crippen molar-refractivity contribution in [2.75, 3.05) is 31.9 Å². The van der Waals surface area contributed by atoms with Crippen LogP contribution in [0, 0.1) is 5.92 Å². The van der Waals surface area contributed by atoms with Gasteiger partial charge in [0.15, 0.2) is 0 Å². The van der Waals surface area contributed by atoms with Gasteiger partial charge in [0.25, 0.3) is 0 Å². The second-order valence-corrected chi connectivity index (χ2v) is 10.5. The SMILES string of the molecule is CCS(=O)(=O)N1CCN(C(=O)C2Cc3ccccc3CN2C(=O)CC(C)C)CC1. The first-order chi connectivity index (χ1) is 13.7. The summed E-state index contributed by atoms with van der Waals surface area (Å²) in [6.07, 6.45) is 0.917. The molecule has 8 heteroatoms. The van der Waals surface area contributed by atoms with Crippen molar-refractivity contribution < 1.29 is 18.0 Å². The van der Waals surface area contributed by atoms with Gasteiger partial charge in [-0.05, 0) is 24.0 Å². The summed E-state index contributed by atoms with van der Waals surface area (Å²) >= 11 is 0. The van der Waals surface area contributed by atoms with Gasteiger partial charge in [0.05, 0.1) is 5.75 Å². The molecule has 3 rings (SSSR count). The minimum Gasteiger partial charge on any atom is -0.338 e. The Labute approximate surface area is 173 Å². The molecule has 2 heterocycles. The Bertz CT molecular complexity index is 860. The molecule has 1 atom stereocenters. The number of benzene rings is 1. The second kappa shape index (κ2) is 8.83. The quantitative estimate of drug-likeness (QED) is 0.722. The summed E-state index contributed by atoms with van der Waals surface area (Å²) in [6.45, 7) is 7.42. The lowest BCUT2D eigenvalue weighted by Gasteiger charge is -2.41. The maximum atomic E-state index is 13.4. The van der Waals surface area contributed by atoms with Gasteiger partial charge >= 0.3 is 0 Å². The van der Waals surface area contributed by atoms with Crippen molar-refractivity contribution >= 4 is 21.8 Å². The molecule has 0 aliphatic carbocycles. The number of nitrogens with zero attached hydrogens (tertiary/aromatic N) is 3. The predicted octanol–water partition coefficient (Wildman–Crippen LogP) is 1.48. The van der Waals surface area contributed by atoms with Crippen LogP contribution in [0.15, 0.2) is 24.3 Å². The van der Waals surface area contributed by atoms with Crippen LogP contribution in [0.4, 0.5) is 0 Å². The molecule has 2 amide bonds. The summed E-state index contributed by atoms with van der Waals surface area (Å²) in [5.41, 5.74) is 2.19. The van der Waals surface area contributed by atoms with E-state index in [0.717, 1.165) is 11.1 Å². The van der Waals surface area contributed by atoms with E-state index in [9.17, 15) is 18.0 Å². The van der Waals surface area contributed by atoms with Crippen LogP contribution in [0.2, 0.25) is 0 Å².